The maximum Gasteiger partial charge on any atom is 0.176 e. The van der Waals surface area contributed by atoms with Gasteiger partial charge < -0.3 is 9.88 Å². The van der Waals surface area contributed by atoms with Gasteiger partial charge in [-0.05, 0) is 32.1 Å². The number of fused-ring (bicyclic) bond motifs is 1. The van der Waals surface area contributed by atoms with Crippen molar-refractivity contribution in [2.24, 2.45) is 0 Å². The molecule has 0 aliphatic carbocycles. The molecule has 0 amide bonds. The molecule has 0 bridgehead atoms. The van der Waals surface area contributed by atoms with Crippen molar-refractivity contribution in [1.82, 2.24) is 20.1 Å². The van der Waals surface area contributed by atoms with Crippen molar-refractivity contribution in [2.75, 3.05) is 6.54 Å². The first-order chi connectivity index (χ1) is 9.40. The van der Waals surface area contributed by atoms with E-state index in [-0.39, 0.29) is 0 Å². The summed E-state index contributed by atoms with van der Waals surface area (Å²) in [7, 11) is 0. The lowest BCUT2D eigenvalue weighted by molar-refractivity contribution is 0.587. The second-order valence-electron chi connectivity index (χ2n) is 5.25. The van der Waals surface area contributed by atoms with Crippen LogP contribution >= 0.6 is 0 Å². The Balaban J connectivity index is 2.00. The van der Waals surface area contributed by atoms with Crippen molar-refractivity contribution in [3.8, 4) is 6.07 Å². The smallest absolute Gasteiger partial charge is 0.176 e. The molecule has 0 atom stereocenters. The average Bonchev–Trinajstić information content (AvgIpc) is 2.71. The molecule has 3 heterocycles. The van der Waals surface area contributed by atoms with Crippen LogP contribution in [0.1, 0.15) is 50.2 Å². The van der Waals surface area contributed by atoms with E-state index in [0.717, 1.165) is 56.1 Å². The predicted molar refractivity (Wildman–Crippen MR) is 72.0 cm³/mol. The van der Waals surface area contributed by atoms with Gasteiger partial charge in [0.25, 0.3) is 0 Å². The minimum atomic E-state index is 0.695. The van der Waals surface area contributed by atoms with Crippen LogP contribution in [-0.2, 0) is 13.0 Å². The van der Waals surface area contributed by atoms with E-state index in [2.05, 4.69) is 26.2 Å². The Labute approximate surface area is 113 Å². The van der Waals surface area contributed by atoms with Crippen LogP contribution in [0, 0.1) is 11.3 Å². The quantitative estimate of drug-likeness (QED) is 0.781. The van der Waals surface area contributed by atoms with E-state index in [1.807, 2.05) is 0 Å². The molecule has 3 rings (SSSR count). The maximum atomic E-state index is 9.49. The van der Waals surface area contributed by atoms with Gasteiger partial charge in [-0.1, -0.05) is 6.42 Å². The number of aromatic nitrogens is 3. The Kier molecular flexibility index (Phi) is 3.49. The zero-order chi connectivity index (χ0) is 13.1. The van der Waals surface area contributed by atoms with Gasteiger partial charge in [-0.25, -0.2) is 0 Å². The zero-order valence-electron chi connectivity index (χ0n) is 11.2. The SMILES string of the molecule is N#CC(=C1CCCCN1)c1nnc2n1CCCCC2. The van der Waals surface area contributed by atoms with Crippen molar-refractivity contribution in [1.29, 1.82) is 5.26 Å². The number of piperidine rings is 1. The fourth-order valence-electron chi connectivity index (χ4n) is 2.89. The molecule has 2 aliphatic heterocycles. The Hall–Kier alpha value is -1.83. The number of aryl methyl sites for hydroxylation is 1. The van der Waals surface area contributed by atoms with Crippen LogP contribution in [-0.4, -0.2) is 21.3 Å². The van der Waals surface area contributed by atoms with Gasteiger partial charge >= 0.3 is 0 Å². The number of hydrogen-bond acceptors (Lipinski definition) is 4. The minimum Gasteiger partial charge on any atom is -0.387 e. The molecule has 2 aliphatic rings. The first-order valence-electron chi connectivity index (χ1n) is 7.19. The molecule has 0 aromatic carbocycles. The van der Waals surface area contributed by atoms with Crippen LogP contribution in [0.5, 0.6) is 0 Å². The van der Waals surface area contributed by atoms with E-state index in [1.54, 1.807) is 0 Å². The summed E-state index contributed by atoms with van der Waals surface area (Å²) >= 11 is 0. The third-order valence-electron chi connectivity index (χ3n) is 3.94. The highest BCUT2D eigenvalue weighted by atomic mass is 15.3. The van der Waals surface area contributed by atoms with Crippen LogP contribution < -0.4 is 5.32 Å². The predicted octanol–water partition coefficient (Wildman–Crippen LogP) is 2.01. The number of rotatable bonds is 1. The van der Waals surface area contributed by atoms with Crippen LogP contribution in [0.2, 0.25) is 0 Å². The molecular formula is C14H19N5. The first kappa shape index (κ1) is 12.2. The van der Waals surface area contributed by atoms with Gasteiger partial charge in [-0.15, -0.1) is 10.2 Å². The van der Waals surface area contributed by atoms with Crippen molar-refractivity contribution >= 4 is 5.57 Å². The van der Waals surface area contributed by atoms with Crippen molar-refractivity contribution in [2.45, 2.75) is 51.5 Å². The number of nitriles is 1. The van der Waals surface area contributed by atoms with Gasteiger partial charge in [0.2, 0.25) is 0 Å². The normalized spacial score (nSPS) is 21.8. The lowest BCUT2D eigenvalue weighted by Gasteiger charge is -2.18. The van der Waals surface area contributed by atoms with Crippen LogP contribution in [0.25, 0.3) is 5.57 Å². The second kappa shape index (κ2) is 5.43. The fourth-order valence-corrected chi connectivity index (χ4v) is 2.89. The van der Waals surface area contributed by atoms with Gasteiger partial charge in [0.15, 0.2) is 5.82 Å². The van der Waals surface area contributed by atoms with Crippen LogP contribution in [0.4, 0.5) is 0 Å². The van der Waals surface area contributed by atoms with Gasteiger partial charge in [0, 0.05) is 25.2 Å². The lowest BCUT2D eigenvalue weighted by Crippen LogP contribution is -2.22. The summed E-state index contributed by atoms with van der Waals surface area (Å²) in [4.78, 5) is 0. The highest BCUT2D eigenvalue weighted by Crippen LogP contribution is 2.24. The van der Waals surface area contributed by atoms with E-state index in [0.29, 0.717) is 5.57 Å². The van der Waals surface area contributed by atoms with Crippen molar-refractivity contribution in [3.63, 3.8) is 0 Å². The molecule has 0 unspecified atom stereocenters. The summed E-state index contributed by atoms with van der Waals surface area (Å²) in [6.07, 6.45) is 7.82. The molecule has 1 aromatic rings. The Bertz CT molecular complexity index is 527. The van der Waals surface area contributed by atoms with Crippen LogP contribution in [0.15, 0.2) is 5.70 Å². The average molecular weight is 257 g/mol. The summed E-state index contributed by atoms with van der Waals surface area (Å²) in [5.41, 5.74) is 1.74. The molecule has 5 heteroatoms. The molecule has 0 saturated carbocycles. The standard InChI is InChI=1S/C14H19N5/c15-10-11(12-6-3-4-8-16-12)14-18-17-13-7-2-1-5-9-19(13)14/h16H,1-9H2. The molecule has 5 nitrogen and oxygen atoms in total. The molecule has 0 spiro atoms. The molecule has 1 N–H and O–H groups in total. The highest BCUT2D eigenvalue weighted by molar-refractivity contribution is 5.75. The second-order valence-corrected chi connectivity index (χ2v) is 5.25. The minimum absolute atomic E-state index is 0.695. The summed E-state index contributed by atoms with van der Waals surface area (Å²) in [5.74, 6) is 1.81. The largest absolute Gasteiger partial charge is 0.387 e. The molecule has 0 radical (unpaired) electrons. The molecular weight excluding hydrogens is 238 g/mol. The Morgan fingerprint density at radius 2 is 2.00 bits per heavy atom. The van der Waals surface area contributed by atoms with Gasteiger partial charge in [-0.2, -0.15) is 5.26 Å². The Morgan fingerprint density at radius 3 is 2.79 bits per heavy atom. The van der Waals surface area contributed by atoms with E-state index in [4.69, 9.17) is 0 Å². The van der Waals surface area contributed by atoms with Gasteiger partial charge in [0.05, 0.1) is 0 Å². The maximum absolute atomic E-state index is 9.49. The van der Waals surface area contributed by atoms with Gasteiger partial charge in [-0.3, -0.25) is 0 Å². The molecule has 100 valence electrons. The molecule has 1 fully saturated rings. The molecule has 1 aromatic heterocycles. The molecule has 1 saturated heterocycles. The summed E-state index contributed by atoms with van der Waals surface area (Å²) in [6, 6.07) is 2.34. The summed E-state index contributed by atoms with van der Waals surface area (Å²) < 4.78 is 2.15. The monoisotopic (exact) mass is 257 g/mol. The zero-order valence-corrected chi connectivity index (χ0v) is 11.2. The number of nitrogens with zero attached hydrogens (tertiary/aromatic N) is 4. The summed E-state index contributed by atoms with van der Waals surface area (Å²) in [5, 5.41) is 21.4. The summed E-state index contributed by atoms with van der Waals surface area (Å²) in [6.45, 7) is 1.90. The van der Waals surface area contributed by atoms with Crippen LogP contribution in [0.3, 0.4) is 0 Å². The third kappa shape index (κ3) is 2.35. The van der Waals surface area contributed by atoms with E-state index in [9.17, 15) is 5.26 Å². The van der Waals surface area contributed by atoms with E-state index < -0.39 is 0 Å². The van der Waals surface area contributed by atoms with E-state index in [1.165, 1.54) is 19.3 Å². The highest BCUT2D eigenvalue weighted by Gasteiger charge is 2.21. The third-order valence-corrected chi connectivity index (χ3v) is 3.94. The van der Waals surface area contributed by atoms with Crippen molar-refractivity contribution in [3.05, 3.63) is 17.3 Å². The topological polar surface area (TPSA) is 66.5 Å². The lowest BCUT2D eigenvalue weighted by atomic mass is 10.0. The molecule has 19 heavy (non-hydrogen) atoms. The number of hydrogen-bond donors (Lipinski definition) is 1. The first-order valence-corrected chi connectivity index (χ1v) is 7.19. The van der Waals surface area contributed by atoms with Gasteiger partial charge in [0.1, 0.15) is 17.5 Å². The number of allylic oxidation sites excluding steroid dienone is 2. The van der Waals surface area contributed by atoms with Crippen molar-refractivity contribution < 1.29 is 0 Å². The Morgan fingerprint density at radius 1 is 1.11 bits per heavy atom. The number of nitrogens with one attached hydrogen (secondary N) is 1. The fraction of sp³-hybridized carbons (Fsp3) is 0.643. The van der Waals surface area contributed by atoms with E-state index >= 15 is 0 Å².